The molecule has 0 bridgehead atoms. The molecule has 1 fully saturated rings. The monoisotopic (exact) mass is 235 g/mol. The Kier molecular flexibility index (Phi) is 4.10. The third-order valence-corrected chi connectivity index (χ3v) is 4.67. The van der Waals surface area contributed by atoms with Crippen LogP contribution in [0.25, 0.3) is 0 Å². The molecule has 0 amide bonds. The highest BCUT2D eigenvalue weighted by Crippen LogP contribution is 2.24. The molecule has 1 aliphatic rings. The van der Waals surface area contributed by atoms with Crippen LogP contribution in [0.5, 0.6) is 0 Å². The molecule has 5 nitrogen and oxygen atoms in total. The lowest BCUT2D eigenvalue weighted by atomic mass is 10.3. The first kappa shape index (κ1) is 12.4. The number of carbonyl (C=O) groups is 1. The van der Waals surface area contributed by atoms with Crippen LogP contribution in [0.15, 0.2) is 0 Å². The highest BCUT2D eigenvalue weighted by Gasteiger charge is 2.29. The van der Waals surface area contributed by atoms with E-state index in [4.69, 9.17) is 5.11 Å². The minimum atomic E-state index is -3.32. The van der Waals surface area contributed by atoms with Crippen LogP contribution in [0, 0.1) is 0 Å². The molecule has 6 heteroatoms. The van der Waals surface area contributed by atoms with Crippen LogP contribution < -0.4 is 4.72 Å². The van der Waals surface area contributed by atoms with Crippen LogP contribution in [-0.4, -0.2) is 30.8 Å². The van der Waals surface area contributed by atoms with E-state index in [2.05, 4.69) is 4.72 Å². The van der Waals surface area contributed by atoms with Gasteiger partial charge in [0.1, 0.15) is 0 Å². The van der Waals surface area contributed by atoms with Crippen LogP contribution in [0.2, 0.25) is 0 Å². The predicted octanol–water partition coefficient (Wildman–Crippen LogP) is 0.712. The summed E-state index contributed by atoms with van der Waals surface area (Å²) < 4.78 is 25.9. The van der Waals surface area contributed by atoms with Crippen molar-refractivity contribution in [2.45, 2.75) is 50.3 Å². The maximum absolute atomic E-state index is 11.7. The number of hydrogen-bond acceptors (Lipinski definition) is 3. The maximum Gasteiger partial charge on any atom is 0.304 e. The molecule has 0 aromatic rings. The number of hydrogen-bond donors (Lipinski definition) is 2. The van der Waals surface area contributed by atoms with Gasteiger partial charge in [0, 0.05) is 6.04 Å². The summed E-state index contributed by atoms with van der Waals surface area (Å²) in [6.07, 6.45) is 3.09. The molecule has 0 saturated heterocycles. The smallest absolute Gasteiger partial charge is 0.304 e. The van der Waals surface area contributed by atoms with Gasteiger partial charge in [0.25, 0.3) is 0 Å². The van der Waals surface area contributed by atoms with Crippen LogP contribution in [0.3, 0.4) is 0 Å². The third-order valence-electron chi connectivity index (χ3n) is 2.59. The van der Waals surface area contributed by atoms with Crippen molar-refractivity contribution in [3.05, 3.63) is 0 Å². The van der Waals surface area contributed by atoms with Crippen molar-refractivity contribution in [2.24, 2.45) is 0 Å². The fraction of sp³-hybridized carbons (Fsp3) is 0.889. The number of sulfonamides is 1. The Morgan fingerprint density at radius 2 is 2.00 bits per heavy atom. The highest BCUT2D eigenvalue weighted by molar-refractivity contribution is 7.90. The van der Waals surface area contributed by atoms with Gasteiger partial charge in [0.05, 0.1) is 11.7 Å². The topological polar surface area (TPSA) is 83.5 Å². The molecule has 2 N–H and O–H groups in total. The van der Waals surface area contributed by atoms with Gasteiger partial charge in [-0.25, -0.2) is 13.1 Å². The zero-order valence-electron chi connectivity index (χ0n) is 8.77. The molecule has 0 heterocycles. The summed E-state index contributed by atoms with van der Waals surface area (Å²) in [6.45, 7) is 1.57. The largest absolute Gasteiger partial charge is 0.481 e. The van der Waals surface area contributed by atoms with Crippen molar-refractivity contribution >= 4 is 16.0 Å². The Bertz CT molecular complexity index is 319. The molecule has 1 saturated carbocycles. The van der Waals surface area contributed by atoms with E-state index in [-0.39, 0.29) is 11.7 Å². The summed E-state index contributed by atoms with van der Waals surface area (Å²) in [5.41, 5.74) is 0. The van der Waals surface area contributed by atoms with E-state index < -0.39 is 22.0 Å². The Morgan fingerprint density at radius 1 is 1.47 bits per heavy atom. The average Bonchev–Trinajstić information content (AvgIpc) is 2.51. The van der Waals surface area contributed by atoms with Crippen molar-refractivity contribution in [1.29, 1.82) is 0 Å². The van der Waals surface area contributed by atoms with Crippen molar-refractivity contribution in [1.82, 2.24) is 4.72 Å². The van der Waals surface area contributed by atoms with Crippen molar-refractivity contribution < 1.29 is 18.3 Å². The SMILES string of the molecule is CC(CC(=O)O)NS(=O)(=O)C1CCCC1. The van der Waals surface area contributed by atoms with E-state index in [0.29, 0.717) is 12.8 Å². The zero-order chi connectivity index (χ0) is 11.5. The number of nitrogens with one attached hydrogen (secondary N) is 1. The van der Waals surface area contributed by atoms with E-state index in [1.54, 1.807) is 6.92 Å². The van der Waals surface area contributed by atoms with Gasteiger partial charge in [0.15, 0.2) is 0 Å². The summed E-state index contributed by atoms with van der Waals surface area (Å²) in [5.74, 6) is -0.989. The van der Waals surface area contributed by atoms with Crippen molar-refractivity contribution in [2.75, 3.05) is 0 Å². The van der Waals surface area contributed by atoms with Gasteiger partial charge in [-0.1, -0.05) is 12.8 Å². The fourth-order valence-electron chi connectivity index (χ4n) is 1.88. The van der Waals surface area contributed by atoms with E-state index in [1.807, 2.05) is 0 Å². The summed E-state index contributed by atoms with van der Waals surface area (Å²) >= 11 is 0. The third kappa shape index (κ3) is 3.79. The standard InChI is InChI=1S/C9H17NO4S/c1-7(6-9(11)12)10-15(13,14)8-4-2-3-5-8/h7-8,10H,2-6H2,1H3,(H,11,12). The van der Waals surface area contributed by atoms with Crippen LogP contribution in [0.1, 0.15) is 39.0 Å². The first-order chi connectivity index (χ1) is 6.92. The molecule has 1 rings (SSSR count). The number of carboxylic acids is 1. The van der Waals surface area contributed by atoms with Gasteiger partial charge >= 0.3 is 5.97 Å². The summed E-state index contributed by atoms with van der Waals surface area (Å²) in [4.78, 5) is 10.4. The maximum atomic E-state index is 11.7. The fourth-order valence-corrected chi connectivity index (χ4v) is 3.67. The first-order valence-corrected chi connectivity index (χ1v) is 6.69. The van der Waals surface area contributed by atoms with Crippen LogP contribution >= 0.6 is 0 Å². The van der Waals surface area contributed by atoms with Crippen LogP contribution in [0.4, 0.5) is 0 Å². The van der Waals surface area contributed by atoms with Crippen LogP contribution in [-0.2, 0) is 14.8 Å². The van der Waals surface area contributed by atoms with Gasteiger partial charge in [-0.15, -0.1) is 0 Å². The highest BCUT2D eigenvalue weighted by atomic mass is 32.2. The molecule has 0 aromatic carbocycles. The number of aliphatic carboxylic acids is 1. The second-order valence-corrected chi connectivity index (χ2v) is 6.06. The molecule has 88 valence electrons. The molecule has 1 aliphatic carbocycles. The van der Waals surface area contributed by atoms with Gasteiger partial charge in [-0.3, -0.25) is 4.79 Å². The van der Waals surface area contributed by atoms with Crippen molar-refractivity contribution in [3.8, 4) is 0 Å². The molecule has 0 spiro atoms. The van der Waals surface area contributed by atoms with Gasteiger partial charge in [-0.05, 0) is 19.8 Å². The average molecular weight is 235 g/mol. The molecule has 1 unspecified atom stereocenters. The van der Waals surface area contributed by atoms with E-state index in [0.717, 1.165) is 12.8 Å². The zero-order valence-corrected chi connectivity index (χ0v) is 9.59. The summed E-state index contributed by atoms with van der Waals surface area (Å²) in [7, 11) is -3.32. The first-order valence-electron chi connectivity index (χ1n) is 5.15. The Balaban J connectivity index is 2.51. The number of carboxylic acid groups (broad SMARTS) is 1. The lowest BCUT2D eigenvalue weighted by molar-refractivity contribution is -0.137. The van der Waals surface area contributed by atoms with E-state index >= 15 is 0 Å². The summed E-state index contributed by atoms with van der Waals surface area (Å²) in [6, 6.07) is -0.534. The van der Waals surface area contributed by atoms with Crippen molar-refractivity contribution in [3.63, 3.8) is 0 Å². The Labute approximate surface area is 89.9 Å². The Morgan fingerprint density at radius 3 is 2.47 bits per heavy atom. The second kappa shape index (κ2) is 4.94. The Hall–Kier alpha value is -0.620. The molecule has 0 radical (unpaired) electrons. The van der Waals surface area contributed by atoms with Gasteiger partial charge < -0.3 is 5.11 Å². The minimum Gasteiger partial charge on any atom is -0.481 e. The molecular formula is C9H17NO4S. The molecule has 15 heavy (non-hydrogen) atoms. The lowest BCUT2D eigenvalue weighted by Gasteiger charge is -2.16. The van der Waals surface area contributed by atoms with Gasteiger partial charge in [0.2, 0.25) is 10.0 Å². The normalized spacial score (nSPS) is 20.3. The lowest BCUT2D eigenvalue weighted by Crippen LogP contribution is -2.39. The predicted molar refractivity (Wildman–Crippen MR) is 56.0 cm³/mol. The van der Waals surface area contributed by atoms with Gasteiger partial charge in [-0.2, -0.15) is 0 Å². The molecule has 0 aliphatic heterocycles. The minimum absolute atomic E-state index is 0.175. The molecular weight excluding hydrogens is 218 g/mol. The summed E-state index contributed by atoms with van der Waals surface area (Å²) in [5, 5.41) is 8.19. The quantitative estimate of drug-likeness (QED) is 0.735. The number of rotatable bonds is 5. The second-order valence-electron chi connectivity index (χ2n) is 4.07. The molecule has 0 aromatic heterocycles. The van der Waals surface area contributed by atoms with E-state index in [9.17, 15) is 13.2 Å². The molecule has 1 atom stereocenters. The van der Waals surface area contributed by atoms with E-state index in [1.165, 1.54) is 0 Å².